The second kappa shape index (κ2) is 7.21. The Balaban J connectivity index is 2.93. The summed E-state index contributed by atoms with van der Waals surface area (Å²) < 4.78 is 31.0. The van der Waals surface area contributed by atoms with Gasteiger partial charge in [-0.1, -0.05) is 17.7 Å². The zero-order valence-corrected chi connectivity index (χ0v) is 12.7. The molecule has 108 valence electrons. The zero-order valence-electron chi connectivity index (χ0n) is 11.1. The molecule has 1 aromatic carbocycles. The molecule has 1 aromatic rings. The van der Waals surface area contributed by atoms with Crippen LogP contribution in [0.2, 0.25) is 5.02 Å². The van der Waals surface area contributed by atoms with E-state index < -0.39 is 10.0 Å². The van der Waals surface area contributed by atoms with Crippen LogP contribution in [0, 0.1) is 0 Å². The Bertz CT molecular complexity index is 520. The standard InChI is InChI=1S/C12H19ClN2O3S/c1-3-18-7-6-15(2)19(16,17)12-5-4-10(9-14)8-11(12)13/h4-5,8H,3,6-7,9,14H2,1-2H3. The molecule has 2 N–H and O–H groups in total. The van der Waals surface area contributed by atoms with Gasteiger partial charge in [0, 0.05) is 26.7 Å². The third kappa shape index (κ3) is 4.15. The molecule has 0 fully saturated rings. The lowest BCUT2D eigenvalue weighted by atomic mass is 10.2. The number of hydrogen-bond acceptors (Lipinski definition) is 4. The van der Waals surface area contributed by atoms with Gasteiger partial charge in [-0.3, -0.25) is 0 Å². The first-order valence-corrected chi connectivity index (χ1v) is 7.77. The predicted octanol–water partition coefficient (Wildman–Crippen LogP) is 1.46. The summed E-state index contributed by atoms with van der Waals surface area (Å²) in [5, 5.41) is 0.186. The molecule has 0 saturated carbocycles. The second-order valence-corrected chi connectivity index (χ2v) is 6.41. The lowest BCUT2D eigenvalue weighted by molar-refractivity contribution is 0.138. The molecule has 0 spiro atoms. The predicted molar refractivity (Wildman–Crippen MR) is 75.7 cm³/mol. The highest BCUT2D eigenvalue weighted by Gasteiger charge is 2.23. The first kappa shape index (κ1) is 16.4. The fraction of sp³-hybridized carbons (Fsp3) is 0.500. The van der Waals surface area contributed by atoms with E-state index in [2.05, 4.69) is 0 Å². The monoisotopic (exact) mass is 306 g/mol. The number of likely N-dealkylation sites (N-methyl/N-ethyl adjacent to an activating group) is 1. The van der Waals surface area contributed by atoms with E-state index in [0.717, 1.165) is 5.56 Å². The summed E-state index contributed by atoms with van der Waals surface area (Å²) in [7, 11) is -2.09. The van der Waals surface area contributed by atoms with E-state index in [0.29, 0.717) is 19.8 Å². The number of sulfonamides is 1. The molecule has 0 aliphatic carbocycles. The summed E-state index contributed by atoms with van der Waals surface area (Å²) in [5.74, 6) is 0. The molecular formula is C12H19ClN2O3S. The first-order chi connectivity index (χ1) is 8.93. The van der Waals surface area contributed by atoms with Crippen LogP contribution in [0.25, 0.3) is 0 Å². The van der Waals surface area contributed by atoms with Crippen LogP contribution < -0.4 is 5.73 Å². The van der Waals surface area contributed by atoms with E-state index in [4.69, 9.17) is 22.1 Å². The number of hydrogen-bond donors (Lipinski definition) is 1. The molecule has 7 heteroatoms. The Labute approximate surface area is 119 Å². The van der Waals surface area contributed by atoms with Crippen molar-refractivity contribution in [3.63, 3.8) is 0 Å². The van der Waals surface area contributed by atoms with Gasteiger partial charge in [-0.05, 0) is 24.6 Å². The van der Waals surface area contributed by atoms with Crippen LogP contribution in [-0.4, -0.2) is 39.5 Å². The van der Waals surface area contributed by atoms with E-state index >= 15 is 0 Å². The maximum Gasteiger partial charge on any atom is 0.244 e. The fourth-order valence-corrected chi connectivity index (χ4v) is 3.20. The molecule has 0 radical (unpaired) electrons. The Morgan fingerprint density at radius 1 is 1.42 bits per heavy atom. The number of nitrogens with zero attached hydrogens (tertiary/aromatic N) is 1. The number of nitrogens with two attached hydrogens (primary N) is 1. The number of ether oxygens (including phenoxy) is 1. The van der Waals surface area contributed by atoms with Crippen molar-refractivity contribution in [3.05, 3.63) is 28.8 Å². The van der Waals surface area contributed by atoms with E-state index in [1.165, 1.54) is 17.4 Å². The SMILES string of the molecule is CCOCCN(C)S(=O)(=O)c1ccc(CN)cc1Cl. The largest absolute Gasteiger partial charge is 0.380 e. The number of benzene rings is 1. The minimum Gasteiger partial charge on any atom is -0.380 e. The van der Waals surface area contributed by atoms with Crippen LogP contribution in [0.1, 0.15) is 12.5 Å². The van der Waals surface area contributed by atoms with Gasteiger partial charge in [0.2, 0.25) is 10.0 Å². The number of halogens is 1. The highest BCUT2D eigenvalue weighted by Crippen LogP contribution is 2.25. The molecule has 0 aliphatic rings. The lowest BCUT2D eigenvalue weighted by Gasteiger charge is -2.18. The van der Waals surface area contributed by atoms with Crippen LogP contribution in [0.3, 0.4) is 0 Å². The van der Waals surface area contributed by atoms with Crippen LogP contribution in [-0.2, 0) is 21.3 Å². The van der Waals surface area contributed by atoms with Crippen molar-refractivity contribution in [3.8, 4) is 0 Å². The third-order valence-corrected chi connectivity index (χ3v) is 5.01. The van der Waals surface area contributed by atoms with Crippen LogP contribution in [0.4, 0.5) is 0 Å². The van der Waals surface area contributed by atoms with Crippen LogP contribution >= 0.6 is 11.6 Å². The molecule has 1 rings (SSSR count). The average molecular weight is 307 g/mol. The van der Waals surface area contributed by atoms with Gasteiger partial charge in [0.1, 0.15) is 4.90 Å². The van der Waals surface area contributed by atoms with E-state index in [1.807, 2.05) is 6.92 Å². The van der Waals surface area contributed by atoms with Crippen molar-refractivity contribution < 1.29 is 13.2 Å². The summed E-state index contributed by atoms with van der Waals surface area (Å²) in [5.41, 5.74) is 6.28. The molecule has 0 amide bonds. The topological polar surface area (TPSA) is 72.6 Å². The summed E-state index contributed by atoms with van der Waals surface area (Å²) in [6.45, 7) is 3.37. The van der Waals surface area contributed by atoms with E-state index in [-0.39, 0.29) is 16.5 Å². The molecule has 0 atom stereocenters. The first-order valence-electron chi connectivity index (χ1n) is 5.96. The van der Waals surface area contributed by atoms with Crippen molar-refractivity contribution in [2.45, 2.75) is 18.4 Å². The maximum absolute atomic E-state index is 12.3. The van der Waals surface area contributed by atoms with Gasteiger partial charge >= 0.3 is 0 Å². The van der Waals surface area contributed by atoms with Crippen molar-refractivity contribution in [1.82, 2.24) is 4.31 Å². The Hall–Kier alpha value is -0.660. The molecule has 0 aromatic heterocycles. The third-order valence-electron chi connectivity index (χ3n) is 2.67. The van der Waals surface area contributed by atoms with Crippen molar-refractivity contribution in [1.29, 1.82) is 0 Å². The molecule has 5 nitrogen and oxygen atoms in total. The minimum absolute atomic E-state index is 0.0883. The van der Waals surface area contributed by atoms with Gasteiger partial charge in [-0.15, -0.1) is 0 Å². The minimum atomic E-state index is -3.59. The lowest BCUT2D eigenvalue weighted by Crippen LogP contribution is -2.30. The van der Waals surface area contributed by atoms with Crippen molar-refractivity contribution in [2.24, 2.45) is 5.73 Å². The van der Waals surface area contributed by atoms with Crippen LogP contribution in [0.15, 0.2) is 23.1 Å². The van der Waals surface area contributed by atoms with E-state index in [9.17, 15) is 8.42 Å². The Morgan fingerprint density at radius 3 is 2.63 bits per heavy atom. The molecule has 0 heterocycles. The summed E-state index contributed by atoms with van der Waals surface area (Å²) in [6.07, 6.45) is 0. The molecular weight excluding hydrogens is 288 g/mol. The van der Waals surface area contributed by atoms with Gasteiger partial charge in [-0.2, -0.15) is 4.31 Å². The smallest absolute Gasteiger partial charge is 0.244 e. The van der Waals surface area contributed by atoms with Gasteiger partial charge in [-0.25, -0.2) is 8.42 Å². The molecule has 0 bridgehead atoms. The summed E-state index contributed by atoms with van der Waals surface area (Å²) in [4.78, 5) is 0.0883. The Morgan fingerprint density at radius 2 is 2.11 bits per heavy atom. The van der Waals surface area contributed by atoms with Gasteiger partial charge in [0.15, 0.2) is 0 Å². The van der Waals surface area contributed by atoms with Crippen molar-refractivity contribution in [2.75, 3.05) is 26.8 Å². The molecule has 19 heavy (non-hydrogen) atoms. The normalized spacial score (nSPS) is 12.1. The van der Waals surface area contributed by atoms with Crippen LogP contribution in [0.5, 0.6) is 0 Å². The molecule has 0 saturated heterocycles. The molecule has 0 unspecified atom stereocenters. The number of rotatable bonds is 7. The van der Waals surface area contributed by atoms with Gasteiger partial charge in [0.05, 0.1) is 11.6 Å². The maximum atomic E-state index is 12.3. The zero-order chi connectivity index (χ0) is 14.5. The molecule has 0 aliphatic heterocycles. The van der Waals surface area contributed by atoms with Gasteiger partial charge < -0.3 is 10.5 Å². The second-order valence-electron chi connectivity index (χ2n) is 3.99. The van der Waals surface area contributed by atoms with Gasteiger partial charge in [0.25, 0.3) is 0 Å². The Kier molecular flexibility index (Phi) is 6.22. The summed E-state index contributed by atoms with van der Waals surface area (Å²) in [6, 6.07) is 4.72. The quantitative estimate of drug-likeness (QED) is 0.774. The average Bonchev–Trinajstić information content (AvgIpc) is 2.38. The van der Waals surface area contributed by atoms with E-state index in [1.54, 1.807) is 12.1 Å². The highest BCUT2D eigenvalue weighted by atomic mass is 35.5. The highest BCUT2D eigenvalue weighted by molar-refractivity contribution is 7.89. The van der Waals surface area contributed by atoms with Crippen molar-refractivity contribution >= 4 is 21.6 Å². The summed E-state index contributed by atoms with van der Waals surface area (Å²) >= 11 is 6.01. The fourth-order valence-electron chi connectivity index (χ4n) is 1.51.